The van der Waals surface area contributed by atoms with Gasteiger partial charge in [0.2, 0.25) is 0 Å². The molecule has 0 radical (unpaired) electrons. The zero-order valence-electron chi connectivity index (χ0n) is 13.8. The first-order chi connectivity index (χ1) is 11.9. The van der Waals surface area contributed by atoms with Gasteiger partial charge in [-0.05, 0) is 36.1 Å². The summed E-state index contributed by atoms with van der Waals surface area (Å²) in [6, 6.07) is 17.5. The Morgan fingerprint density at radius 2 is 1.64 bits per heavy atom. The van der Waals surface area contributed by atoms with Crippen LogP contribution in [0.2, 0.25) is 0 Å². The van der Waals surface area contributed by atoms with Gasteiger partial charge in [0.25, 0.3) is 10.0 Å². The molecule has 0 amide bonds. The fourth-order valence-corrected chi connectivity index (χ4v) is 4.10. The summed E-state index contributed by atoms with van der Waals surface area (Å²) in [5.41, 5.74) is 1.06. The van der Waals surface area contributed by atoms with Crippen molar-refractivity contribution in [2.24, 2.45) is 0 Å². The van der Waals surface area contributed by atoms with Gasteiger partial charge in [-0.15, -0.1) is 0 Å². The first-order valence-corrected chi connectivity index (χ1v) is 9.11. The predicted octanol–water partition coefficient (Wildman–Crippen LogP) is 3.74. The van der Waals surface area contributed by atoms with Crippen LogP contribution in [0.4, 0.5) is 5.69 Å². The molecule has 0 aliphatic carbocycles. The minimum Gasteiger partial charge on any atom is -0.465 e. The van der Waals surface area contributed by atoms with Crippen molar-refractivity contribution in [2.45, 2.75) is 11.8 Å². The van der Waals surface area contributed by atoms with Gasteiger partial charge in [-0.2, -0.15) is 0 Å². The third-order valence-corrected chi connectivity index (χ3v) is 5.52. The Bertz CT molecular complexity index is 1050. The molecule has 25 heavy (non-hydrogen) atoms. The summed E-state index contributed by atoms with van der Waals surface area (Å²) in [6.07, 6.45) is 0. The lowest BCUT2D eigenvalue weighted by atomic mass is 10.1. The third-order valence-electron chi connectivity index (χ3n) is 4.01. The maximum atomic E-state index is 12.9. The summed E-state index contributed by atoms with van der Waals surface area (Å²) in [6.45, 7) is 1.59. The van der Waals surface area contributed by atoms with Crippen molar-refractivity contribution in [3.8, 4) is 0 Å². The normalized spacial score (nSPS) is 11.3. The molecule has 3 aromatic carbocycles. The van der Waals surface area contributed by atoms with Crippen LogP contribution in [-0.4, -0.2) is 21.5 Å². The molecule has 6 heteroatoms. The molecule has 3 aromatic rings. The quantitative estimate of drug-likeness (QED) is 0.724. The zero-order chi connectivity index (χ0) is 18.0. The van der Waals surface area contributed by atoms with E-state index in [1.165, 1.54) is 25.3 Å². The minimum absolute atomic E-state index is 0.0448. The maximum absolute atomic E-state index is 12.9. The van der Waals surface area contributed by atoms with E-state index in [0.29, 0.717) is 11.3 Å². The Kier molecular flexibility index (Phi) is 4.46. The highest BCUT2D eigenvalue weighted by molar-refractivity contribution is 7.92. The monoisotopic (exact) mass is 355 g/mol. The van der Waals surface area contributed by atoms with Gasteiger partial charge in [-0.1, -0.05) is 42.5 Å². The van der Waals surface area contributed by atoms with Crippen molar-refractivity contribution < 1.29 is 17.9 Å². The number of sulfonamides is 1. The molecule has 0 aliphatic rings. The first-order valence-electron chi connectivity index (χ1n) is 7.62. The Labute approximate surface area is 146 Å². The second-order valence-electron chi connectivity index (χ2n) is 5.55. The summed E-state index contributed by atoms with van der Waals surface area (Å²) in [5, 5.41) is 1.73. The molecule has 0 aliphatic heterocycles. The van der Waals surface area contributed by atoms with Crippen LogP contribution in [0.5, 0.6) is 0 Å². The van der Waals surface area contributed by atoms with Crippen molar-refractivity contribution in [2.75, 3.05) is 11.8 Å². The summed E-state index contributed by atoms with van der Waals surface area (Å²) < 4.78 is 33.1. The highest BCUT2D eigenvalue weighted by Gasteiger charge is 2.21. The van der Waals surface area contributed by atoms with E-state index in [0.717, 1.165) is 10.8 Å². The summed E-state index contributed by atoms with van der Waals surface area (Å²) in [5.74, 6) is -0.570. The lowest BCUT2D eigenvalue weighted by Crippen LogP contribution is -2.16. The molecule has 128 valence electrons. The second kappa shape index (κ2) is 6.57. The van der Waals surface area contributed by atoms with E-state index in [-0.39, 0.29) is 10.5 Å². The highest BCUT2D eigenvalue weighted by atomic mass is 32.2. The Balaban J connectivity index is 2.07. The van der Waals surface area contributed by atoms with E-state index in [1.54, 1.807) is 19.1 Å². The van der Waals surface area contributed by atoms with E-state index in [2.05, 4.69) is 4.72 Å². The lowest BCUT2D eigenvalue weighted by Gasteiger charge is -2.14. The smallest absolute Gasteiger partial charge is 0.338 e. The van der Waals surface area contributed by atoms with Gasteiger partial charge in [0, 0.05) is 5.39 Å². The lowest BCUT2D eigenvalue weighted by molar-refractivity contribution is 0.0599. The van der Waals surface area contributed by atoms with Crippen LogP contribution in [-0.2, 0) is 14.8 Å². The molecule has 1 N–H and O–H groups in total. The molecule has 0 fully saturated rings. The minimum atomic E-state index is -3.86. The van der Waals surface area contributed by atoms with Crippen molar-refractivity contribution >= 4 is 32.5 Å². The second-order valence-corrected chi connectivity index (χ2v) is 7.20. The van der Waals surface area contributed by atoms with E-state index in [1.807, 2.05) is 30.3 Å². The number of methoxy groups -OCH3 is 1. The molecular formula is C19H17NO4S. The predicted molar refractivity (Wildman–Crippen MR) is 97.3 cm³/mol. The van der Waals surface area contributed by atoms with Gasteiger partial charge in [0.1, 0.15) is 0 Å². The molecule has 0 spiro atoms. The number of carbonyl (C=O) groups is 1. The average Bonchev–Trinajstić information content (AvgIpc) is 2.61. The Morgan fingerprint density at radius 1 is 0.960 bits per heavy atom. The largest absolute Gasteiger partial charge is 0.465 e. The van der Waals surface area contributed by atoms with E-state index in [9.17, 15) is 13.2 Å². The fourth-order valence-electron chi connectivity index (χ4n) is 2.75. The van der Waals surface area contributed by atoms with Gasteiger partial charge in [-0.3, -0.25) is 4.72 Å². The molecular weight excluding hydrogens is 338 g/mol. The number of anilines is 1. The van der Waals surface area contributed by atoms with E-state index >= 15 is 0 Å². The maximum Gasteiger partial charge on any atom is 0.338 e. The van der Waals surface area contributed by atoms with Gasteiger partial charge in [0.15, 0.2) is 0 Å². The Morgan fingerprint density at radius 3 is 2.40 bits per heavy atom. The molecule has 0 aromatic heterocycles. The van der Waals surface area contributed by atoms with Crippen LogP contribution >= 0.6 is 0 Å². The van der Waals surface area contributed by atoms with E-state index < -0.39 is 16.0 Å². The van der Waals surface area contributed by atoms with Crippen molar-refractivity contribution in [3.63, 3.8) is 0 Å². The molecule has 0 bridgehead atoms. The molecule has 3 rings (SSSR count). The highest BCUT2D eigenvalue weighted by Crippen LogP contribution is 2.27. The number of benzene rings is 3. The molecule has 0 saturated carbocycles. The number of fused-ring (bicyclic) bond motifs is 1. The van der Waals surface area contributed by atoms with Crippen LogP contribution in [0.15, 0.2) is 65.6 Å². The standard InChI is InChI=1S/C19H17NO4S/c1-13-15(19(21)24-2)10-6-12-18(13)25(22,23)20-17-11-5-8-14-7-3-4-9-16(14)17/h3-12,20H,1-2H3. The number of esters is 1. The first kappa shape index (κ1) is 17.0. The molecule has 0 atom stereocenters. The van der Waals surface area contributed by atoms with Crippen LogP contribution in [0, 0.1) is 6.92 Å². The molecule has 0 heterocycles. The molecule has 0 unspecified atom stereocenters. The van der Waals surface area contributed by atoms with Gasteiger partial charge in [0.05, 0.1) is 23.3 Å². The van der Waals surface area contributed by atoms with Crippen LogP contribution in [0.3, 0.4) is 0 Å². The Hall–Kier alpha value is -2.86. The number of carbonyl (C=O) groups excluding carboxylic acids is 1. The number of hydrogen-bond donors (Lipinski definition) is 1. The van der Waals surface area contributed by atoms with E-state index in [4.69, 9.17) is 4.74 Å². The SMILES string of the molecule is COC(=O)c1cccc(S(=O)(=O)Nc2cccc3ccccc23)c1C. The van der Waals surface area contributed by atoms with Crippen molar-refractivity contribution in [3.05, 3.63) is 71.8 Å². The average molecular weight is 355 g/mol. The number of hydrogen-bond acceptors (Lipinski definition) is 4. The number of ether oxygens (including phenoxy) is 1. The van der Waals surface area contributed by atoms with Gasteiger partial charge in [-0.25, -0.2) is 13.2 Å². The zero-order valence-corrected chi connectivity index (χ0v) is 14.6. The molecule has 0 saturated heterocycles. The van der Waals surface area contributed by atoms with Gasteiger partial charge >= 0.3 is 5.97 Å². The topological polar surface area (TPSA) is 72.5 Å². The summed E-state index contributed by atoms with van der Waals surface area (Å²) >= 11 is 0. The number of nitrogens with one attached hydrogen (secondary N) is 1. The summed E-state index contributed by atoms with van der Waals surface area (Å²) in [7, 11) is -2.60. The summed E-state index contributed by atoms with van der Waals surface area (Å²) in [4.78, 5) is 11.9. The third kappa shape index (κ3) is 3.21. The van der Waals surface area contributed by atoms with Gasteiger partial charge < -0.3 is 4.74 Å². The van der Waals surface area contributed by atoms with Crippen molar-refractivity contribution in [1.29, 1.82) is 0 Å². The van der Waals surface area contributed by atoms with Crippen molar-refractivity contribution in [1.82, 2.24) is 0 Å². The fraction of sp³-hybridized carbons (Fsp3) is 0.105. The number of rotatable bonds is 4. The molecule has 5 nitrogen and oxygen atoms in total. The van der Waals surface area contributed by atoms with Crippen LogP contribution < -0.4 is 4.72 Å². The van der Waals surface area contributed by atoms with Crippen LogP contribution in [0.25, 0.3) is 10.8 Å². The van der Waals surface area contributed by atoms with Crippen LogP contribution in [0.1, 0.15) is 15.9 Å².